The molecular formula is C38H54N7O10+. The highest BCUT2D eigenvalue weighted by molar-refractivity contribution is 5.94. The highest BCUT2D eigenvalue weighted by atomic mass is 16.5. The van der Waals surface area contributed by atoms with Gasteiger partial charge in [0.2, 0.25) is 23.8 Å². The number of hydrogen-bond acceptors (Lipinski definition) is 11. The fourth-order valence-electron chi connectivity index (χ4n) is 6.86. The van der Waals surface area contributed by atoms with Gasteiger partial charge >= 0.3 is 11.9 Å². The van der Waals surface area contributed by atoms with Crippen LogP contribution >= 0.6 is 0 Å². The van der Waals surface area contributed by atoms with Gasteiger partial charge in [-0.3, -0.25) is 28.8 Å². The average molecular weight is 769 g/mol. The SMILES string of the molecule is CC(=O)O[C@H](C(=O)[N+]1(C(C)(C)C)CCC[C@H]1C(N)=O)[C@H](Cc1ccccc1)NC(=O)[C@H](CC(N)=O)NC(=O)COc1ccc(N(C)C(=O)CNCCO)cc1. The minimum absolute atomic E-state index is 0.0159. The molecule has 1 aliphatic rings. The molecule has 300 valence electrons. The number of esters is 1. The zero-order valence-electron chi connectivity index (χ0n) is 32.0. The van der Waals surface area contributed by atoms with Crippen LogP contribution in [0.5, 0.6) is 5.75 Å². The van der Waals surface area contributed by atoms with E-state index in [9.17, 15) is 33.6 Å². The number of hydrogen-bond donors (Lipinski definition) is 6. The van der Waals surface area contributed by atoms with Crippen molar-refractivity contribution in [2.24, 2.45) is 11.5 Å². The Balaban J connectivity index is 1.86. The molecule has 0 radical (unpaired) electrons. The lowest BCUT2D eigenvalue weighted by atomic mass is 9.92. The lowest BCUT2D eigenvalue weighted by Crippen LogP contribution is -2.73. The molecule has 1 heterocycles. The maximum absolute atomic E-state index is 14.8. The first kappa shape index (κ1) is 44.0. The molecule has 2 aromatic rings. The van der Waals surface area contributed by atoms with E-state index in [1.54, 1.807) is 70.3 Å². The topological polar surface area (TPSA) is 250 Å². The first-order valence-corrected chi connectivity index (χ1v) is 18.0. The number of likely N-dealkylation sites (N-methyl/N-ethyl adjacent to an activating group) is 1. The van der Waals surface area contributed by atoms with Crippen molar-refractivity contribution in [1.29, 1.82) is 0 Å². The van der Waals surface area contributed by atoms with E-state index < -0.39 is 82.8 Å². The second kappa shape index (κ2) is 19.8. The molecule has 0 aliphatic carbocycles. The van der Waals surface area contributed by atoms with Gasteiger partial charge in [0.1, 0.15) is 11.8 Å². The number of primary amides is 2. The maximum Gasteiger partial charge on any atom is 0.357 e. The van der Waals surface area contributed by atoms with E-state index in [-0.39, 0.29) is 44.3 Å². The predicted octanol–water partition coefficient (Wildman–Crippen LogP) is -0.581. The van der Waals surface area contributed by atoms with Crippen LogP contribution in [0.25, 0.3) is 0 Å². The van der Waals surface area contributed by atoms with Gasteiger partial charge in [0.15, 0.2) is 12.6 Å². The predicted molar refractivity (Wildman–Crippen MR) is 201 cm³/mol. The smallest absolute Gasteiger partial charge is 0.357 e. The lowest BCUT2D eigenvalue weighted by Gasteiger charge is -2.48. The summed E-state index contributed by atoms with van der Waals surface area (Å²) >= 11 is 0. The summed E-state index contributed by atoms with van der Waals surface area (Å²) in [4.78, 5) is 93.1. The number of quaternary nitrogens is 1. The Hall–Kier alpha value is -5.39. The number of nitrogens with two attached hydrogens (primary N) is 2. The van der Waals surface area contributed by atoms with Crippen LogP contribution in [-0.4, -0.2) is 121 Å². The van der Waals surface area contributed by atoms with Gasteiger partial charge in [0.25, 0.3) is 11.8 Å². The van der Waals surface area contributed by atoms with Gasteiger partial charge < -0.3 is 46.9 Å². The van der Waals surface area contributed by atoms with Crippen LogP contribution in [0.15, 0.2) is 54.6 Å². The number of likely N-dealkylation sites (tertiary alicyclic amines) is 1. The highest BCUT2D eigenvalue weighted by Crippen LogP contribution is 2.39. The number of carbonyl (C=O) groups excluding carboxylic acids is 7. The van der Waals surface area contributed by atoms with Crippen molar-refractivity contribution in [3.63, 3.8) is 0 Å². The van der Waals surface area contributed by atoms with Crippen LogP contribution in [0.3, 0.4) is 0 Å². The maximum atomic E-state index is 14.8. The molecule has 1 aliphatic heterocycles. The molecule has 17 nitrogen and oxygen atoms in total. The summed E-state index contributed by atoms with van der Waals surface area (Å²) in [6, 6.07) is 11.4. The molecule has 0 saturated carbocycles. The van der Waals surface area contributed by atoms with Crippen molar-refractivity contribution >= 4 is 47.1 Å². The first-order chi connectivity index (χ1) is 25.9. The molecule has 5 atom stereocenters. The number of rotatable bonds is 19. The minimum Gasteiger partial charge on any atom is -0.484 e. The average Bonchev–Trinajstić information content (AvgIpc) is 3.60. The Kier molecular flexibility index (Phi) is 15.8. The molecule has 17 heteroatoms. The van der Waals surface area contributed by atoms with Crippen LogP contribution in [-0.2, 0) is 44.7 Å². The van der Waals surface area contributed by atoms with E-state index in [4.69, 9.17) is 26.0 Å². The van der Waals surface area contributed by atoms with E-state index in [1.165, 1.54) is 17.0 Å². The van der Waals surface area contributed by atoms with Crippen LogP contribution in [0.2, 0.25) is 0 Å². The third-order valence-corrected chi connectivity index (χ3v) is 9.56. The third-order valence-electron chi connectivity index (χ3n) is 9.56. The van der Waals surface area contributed by atoms with Gasteiger partial charge in [0.05, 0.1) is 37.7 Å². The van der Waals surface area contributed by atoms with Gasteiger partial charge in [-0.1, -0.05) is 30.3 Å². The number of nitrogens with one attached hydrogen (secondary N) is 3. The van der Waals surface area contributed by atoms with Gasteiger partial charge in [-0.05, 0) is 57.0 Å². The van der Waals surface area contributed by atoms with E-state index >= 15 is 0 Å². The number of aliphatic hydroxyl groups excluding tert-OH is 1. The molecule has 2 aromatic carbocycles. The Morgan fingerprint density at radius 1 is 0.982 bits per heavy atom. The monoisotopic (exact) mass is 768 g/mol. The quantitative estimate of drug-likeness (QED) is 0.0599. The fraction of sp³-hybridized carbons (Fsp3) is 0.500. The van der Waals surface area contributed by atoms with Crippen molar-refractivity contribution in [3.8, 4) is 5.75 Å². The molecule has 0 spiro atoms. The van der Waals surface area contributed by atoms with E-state index in [1.807, 2.05) is 0 Å². The normalized spacial score (nSPS) is 18.3. The molecule has 0 aromatic heterocycles. The van der Waals surface area contributed by atoms with Crippen LogP contribution in [0.4, 0.5) is 5.69 Å². The van der Waals surface area contributed by atoms with E-state index in [2.05, 4.69) is 16.0 Å². The molecule has 0 bridgehead atoms. The minimum atomic E-state index is -1.61. The molecule has 3 rings (SSSR count). The van der Waals surface area contributed by atoms with Gasteiger partial charge in [-0.15, -0.1) is 0 Å². The number of benzene rings is 2. The second-order valence-corrected chi connectivity index (χ2v) is 14.4. The molecule has 1 saturated heterocycles. The molecule has 1 unspecified atom stereocenters. The van der Waals surface area contributed by atoms with Crippen molar-refractivity contribution < 1.29 is 52.6 Å². The van der Waals surface area contributed by atoms with Gasteiger partial charge in [0, 0.05) is 39.0 Å². The summed E-state index contributed by atoms with van der Waals surface area (Å²) in [5.41, 5.74) is 11.6. The van der Waals surface area contributed by atoms with Crippen molar-refractivity contribution in [3.05, 3.63) is 60.2 Å². The zero-order valence-corrected chi connectivity index (χ0v) is 32.0. The van der Waals surface area contributed by atoms with Crippen molar-refractivity contribution in [2.45, 2.75) is 83.1 Å². The molecule has 6 amide bonds. The summed E-state index contributed by atoms with van der Waals surface area (Å²) in [6.07, 6.45) is -1.41. The summed E-state index contributed by atoms with van der Waals surface area (Å²) in [7, 11) is 1.58. The largest absolute Gasteiger partial charge is 0.484 e. The number of aliphatic hydroxyl groups is 1. The van der Waals surface area contributed by atoms with Crippen LogP contribution in [0.1, 0.15) is 52.5 Å². The third kappa shape index (κ3) is 11.8. The van der Waals surface area contributed by atoms with E-state index in [0.29, 0.717) is 24.1 Å². The number of nitrogens with zero attached hydrogens (tertiary/aromatic N) is 2. The van der Waals surface area contributed by atoms with Gasteiger partial charge in [-0.25, -0.2) is 9.28 Å². The number of amides is 6. The zero-order chi connectivity index (χ0) is 40.9. The molecule has 8 N–H and O–H groups in total. The fourth-order valence-corrected chi connectivity index (χ4v) is 6.86. The summed E-state index contributed by atoms with van der Waals surface area (Å²) in [6.45, 7) is 6.35. The summed E-state index contributed by atoms with van der Waals surface area (Å²) in [5, 5.41) is 16.9. The summed E-state index contributed by atoms with van der Waals surface area (Å²) < 4.78 is 10.9. The number of ether oxygens (including phenoxy) is 2. The number of anilines is 1. The Morgan fingerprint density at radius 2 is 1.64 bits per heavy atom. The van der Waals surface area contributed by atoms with Crippen molar-refractivity contribution in [2.75, 3.05) is 44.8 Å². The Morgan fingerprint density at radius 3 is 2.20 bits per heavy atom. The Labute approximate surface area is 320 Å². The highest BCUT2D eigenvalue weighted by Gasteiger charge is 2.61. The molecule has 1 fully saturated rings. The lowest BCUT2D eigenvalue weighted by molar-refractivity contribution is -0.904. The summed E-state index contributed by atoms with van der Waals surface area (Å²) in [5.74, 6) is -4.67. The second-order valence-electron chi connectivity index (χ2n) is 14.4. The molecular weight excluding hydrogens is 714 g/mol. The van der Waals surface area contributed by atoms with Gasteiger partial charge in [-0.2, -0.15) is 0 Å². The first-order valence-electron chi connectivity index (χ1n) is 18.0. The van der Waals surface area contributed by atoms with Crippen molar-refractivity contribution in [1.82, 2.24) is 16.0 Å². The molecule has 55 heavy (non-hydrogen) atoms. The van der Waals surface area contributed by atoms with E-state index in [0.717, 1.165) is 6.92 Å². The van der Waals surface area contributed by atoms with Crippen LogP contribution in [0, 0.1) is 0 Å². The standard InChI is InChI=1S/C38H53N7O10/c1-24(47)55-34(37(53)45(38(2,3)4)18-9-12-30(45)35(40)51)28(20-25-10-7-6-8-11-25)43-36(52)29(21-31(39)48)42-32(49)23-54-27-15-13-26(14-16-27)44(5)33(50)22-41-17-19-46/h6-8,10-11,13-16,28-30,34,41,46H,9,12,17-23H2,1-5H3,(H5-,39,40,42,43,48,49,51,52)/p+1/t28-,29-,30-,34-,45?/m0/s1. The van der Waals surface area contributed by atoms with Crippen LogP contribution < -0.4 is 37.1 Å². The Bertz CT molecular complexity index is 1680. The number of carbonyl (C=O) groups is 7.